The van der Waals surface area contributed by atoms with Crippen LogP contribution in [0.4, 0.5) is 11.5 Å². The normalized spacial score (nSPS) is 10.8. The average molecular weight is 407 g/mol. The van der Waals surface area contributed by atoms with Gasteiger partial charge in [-0.1, -0.05) is 18.5 Å². The molecule has 0 aliphatic rings. The van der Waals surface area contributed by atoms with Gasteiger partial charge in [0.2, 0.25) is 5.28 Å². The Labute approximate surface area is 164 Å². The van der Waals surface area contributed by atoms with E-state index in [1.165, 1.54) is 10.8 Å². The molecule has 140 valence electrons. The number of fused-ring (bicyclic) bond motifs is 1. The van der Waals surface area contributed by atoms with E-state index in [0.29, 0.717) is 28.5 Å². The van der Waals surface area contributed by atoms with E-state index in [1.54, 1.807) is 32.2 Å². The number of ketones is 1. The average Bonchev–Trinajstić information content (AvgIpc) is 2.66. The highest BCUT2D eigenvalue weighted by Gasteiger charge is 2.11. The molecular weight excluding hydrogens is 391 g/mol. The Kier molecular flexibility index (Phi) is 5.62. The number of nitrogens with one attached hydrogen (secondary N) is 1. The molecule has 0 atom stereocenters. The van der Waals surface area contributed by atoms with Crippen LogP contribution in [-0.2, 0) is 11.8 Å². The molecule has 7 nitrogen and oxygen atoms in total. The Morgan fingerprint density at radius 1 is 1.30 bits per heavy atom. The number of ether oxygens (including phenoxy) is 1. The topological polar surface area (TPSA) is 86.1 Å². The molecule has 1 N–H and O–H groups in total. The first-order chi connectivity index (χ1) is 12.9. The fraction of sp³-hybridized carbons (Fsp3) is 0.222. The zero-order valence-electron chi connectivity index (χ0n) is 14.6. The fourth-order valence-corrected chi connectivity index (χ4v) is 2.74. The van der Waals surface area contributed by atoms with E-state index in [-0.39, 0.29) is 29.0 Å². The Balaban J connectivity index is 1.98. The van der Waals surface area contributed by atoms with Crippen LogP contribution >= 0.6 is 23.2 Å². The van der Waals surface area contributed by atoms with Gasteiger partial charge in [0.1, 0.15) is 11.6 Å². The zero-order valence-corrected chi connectivity index (χ0v) is 16.1. The second-order valence-corrected chi connectivity index (χ2v) is 6.53. The summed E-state index contributed by atoms with van der Waals surface area (Å²) in [5, 5.41) is 4.21. The van der Waals surface area contributed by atoms with Crippen LogP contribution in [0.1, 0.15) is 13.3 Å². The quantitative estimate of drug-likeness (QED) is 0.627. The smallest absolute Gasteiger partial charge is 0.293 e. The molecular formula is C18H16Cl2N4O3. The van der Waals surface area contributed by atoms with Gasteiger partial charge < -0.3 is 14.6 Å². The molecule has 0 saturated heterocycles. The van der Waals surface area contributed by atoms with Crippen LogP contribution in [-0.4, -0.2) is 26.9 Å². The van der Waals surface area contributed by atoms with Crippen molar-refractivity contribution in [2.24, 2.45) is 7.05 Å². The van der Waals surface area contributed by atoms with Crippen molar-refractivity contribution >= 4 is 51.4 Å². The maximum absolute atomic E-state index is 12.4. The number of nitrogens with zero attached hydrogens (tertiary/aromatic N) is 3. The molecule has 0 fully saturated rings. The number of aromatic nitrogens is 3. The van der Waals surface area contributed by atoms with Crippen LogP contribution in [0.25, 0.3) is 10.9 Å². The number of rotatable bonds is 6. The van der Waals surface area contributed by atoms with Crippen molar-refractivity contribution in [2.75, 3.05) is 11.9 Å². The summed E-state index contributed by atoms with van der Waals surface area (Å²) in [6, 6.07) is 7.00. The Hall–Kier alpha value is -2.64. The van der Waals surface area contributed by atoms with Crippen LogP contribution in [0.15, 0.2) is 35.3 Å². The summed E-state index contributed by atoms with van der Waals surface area (Å²) in [7, 11) is 1.65. The molecule has 0 spiro atoms. The second kappa shape index (κ2) is 7.94. The molecule has 0 saturated carbocycles. The number of benzene rings is 1. The molecule has 0 unspecified atom stereocenters. The van der Waals surface area contributed by atoms with Crippen LogP contribution in [0.3, 0.4) is 0 Å². The van der Waals surface area contributed by atoms with Gasteiger partial charge in [-0.05, 0) is 35.9 Å². The van der Waals surface area contributed by atoms with E-state index in [4.69, 9.17) is 27.9 Å². The first kappa shape index (κ1) is 19.1. The molecule has 9 heteroatoms. The molecule has 1 aromatic carbocycles. The first-order valence-corrected chi connectivity index (χ1v) is 8.88. The van der Waals surface area contributed by atoms with Gasteiger partial charge in [0.15, 0.2) is 17.4 Å². The molecule has 0 bridgehead atoms. The number of anilines is 2. The lowest BCUT2D eigenvalue weighted by Gasteiger charge is -2.12. The van der Waals surface area contributed by atoms with Crippen molar-refractivity contribution in [3.63, 3.8) is 0 Å². The molecule has 0 aliphatic carbocycles. The maximum Gasteiger partial charge on any atom is 0.293 e. The van der Waals surface area contributed by atoms with E-state index >= 15 is 0 Å². The van der Waals surface area contributed by atoms with E-state index in [9.17, 15) is 9.59 Å². The third-order valence-electron chi connectivity index (χ3n) is 3.95. The highest BCUT2D eigenvalue weighted by Crippen LogP contribution is 2.26. The minimum absolute atomic E-state index is 0.0707. The summed E-state index contributed by atoms with van der Waals surface area (Å²) >= 11 is 11.9. The molecule has 3 rings (SSSR count). The van der Waals surface area contributed by atoms with E-state index in [2.05, 4.69) is 15.3 Å². The molecule has 0 aliphatic heterocycles. The summed E-state index contributed by atoms with van der Waals surface area (Å²) in [6.45, 7) is 1.61. The Bertz CT molecular complexity index is 1080. The summed E-state index contributed by atoms with van der Waals surface area (Å²) in [6.07, 6.45) is 1.75. The largest absolute Gasteiger partial charge is 0.480 e. The van der Waals surface area contributed by atoms with Gasteiger partial charge in [0.25, 0.3) is 5.56 Å². The number of Topliss-reactive ketones (excluding diaryl/α,β-unsaturated/α-hetero) is 1. The van der Waals surface area contributed by atoms with Gasteiger partial charge in [-0.25, -0.2) is 4.98 Å². The van der Waals surface area contributed by atoms with E-state index in [0.717, 1.165) is 5.39 Å². The second-order valence-electron chi connectivity index (χ2n) is 5.79. The van der Waals surface area contributed by atoms with Crippen molar-refractivity contribution in [3.8, 4) is 5.75 Å². The van der Waals surface area contributed by atoms with Crippen molar-refractivity contribution in [3.05, 3.63) is 51.1 Å². The lowest BCUT2D eigenvalue weighted by molar-refractivity contribution is -0.120. The SMILES string of the molecule is CCC(=O)COc1cc2cc(Nc3nc(Cl)ncc3Cl)ccc2n(C)c1=O. The summed E-state index contributed by atoms with van der Waals surface area (Å²) in [5.74, 6) is 0.403. The minimum Gasteiger partial charge on any atom is -0.480 e. The molecule has 0 amide bonds. The van der Waals surface area contributed by atoms with Crippen molar-refractivity contribution in [1.82, 2.24) is 14.5 Å². The van der Waals surface area contributed by atoms with Crippen molar-refractivity contribution in [2.45, 2.75) is 13.3 Å². The van der Waals surface area contributed by atoms with Gasteiger partial charge >= 0.3 is 0 Å². The van der Waals surface area contributed by atoms with Crippen LogP contribution in [0.2, 0.25) is 10.3 Å². The monoisotopic (exact) mass is 406 g/mol. The van der Waals surface area contributed by atoms with Gasteiger partial charge in [-0.15, -0.1) is 0 Å². The predicted octanol–water partition coefficient (Wildman–Crippen LogP) is 3.74. The molecule has 0 radical (unpaired) electrons. The lowest BCUT2D eigenvalue weighted by Crippen LogP contribution is -2.21. The lowest BCUT2D eigenvalue weighted by atomic mass is 10.2. The minimum atomic E-state index is -0.308. The number of halogens is 2. The first-order valence-electron chi connectivity index (χ1n) is 8.12. The van der Waals surface area contributed by atoms with Gasteiger partial charge in [-0.2, -0.15) is 4.98 Å². The number of hydrogen-bond acceptors (Lipinski definition) is 6. The van der Waals surface area contributed by atoms with E-state index in [1.807, 2.05) is 6.07 Å². The summed E-state index contributed by atoms with van der Waals surface area (Å²) in [4.78, 5) is 31.7. The number of aryl methyl sites for hydroxylation is 1. The Morgan fingerprint density at radius 2 is 2.07 bits per heavy atom. The molecule has 2 heterocycles. The molecule has 2 aromatic heterocycles. The highest BCUT2D eigenvalue weighted by molar-refractivity contribution is 6.33. The van der Waals surface area contributed by atoms with Gasteiger partial charge in [0, 0.05) is 24.5 Å². The van der Waals surface area contributed by atoms with Crippen LogP contribution in [0.5, 0.6) is 5.75 Å². The molecule has 3 aromatic rings. The fourth-order valence-electron chi connectivity index (χ4n) is 2.46. The van der Waals surface area contributed by atoms with E-state index < -0.39 is 0 Å². The zero-order chi connectivity index (χ0) is 19.6. The standard InChI is InChI=1S/C18H16Cl2N4O3/c1-3-12(25)9-27-15-7-10-6-11(4-5-14(10)24(2)17(15)26)22-16-13(19)8-21-18(20)23-16/h4-8H,3,9H2,1-2H3,(H,21,22,23). The van der Waals surface area contributed by atoms with Gasteiger partial charge in [0.05, 0.1) is 11.7 Å². The highest BCUT2D eigenvalue weighted by atomic mass is 35.5. The summed E-state index contributed by atoms with van der Waals surface area (Å²) < 4.78 is 6.88. The van der Waals surface area contributed by atoms with Crippen molar-refractivity contribution < 1.29 is 9.53 Å². The summed E-state index contributed by atoms with van der Waals surface area (Å²) in [5.41, 5.74) is 1.10. The predicted molar refractivity (Wildman–Crippen MR) is 105 cm³/mol. The number of carbonyl (C=O) groups excluding carboxylic acids is 1. The van der Waals surface area contributed by atoms with Crippen molar-refractivity contribution in [1.29, 1.82) is 0 Å². The number of hydrogen-bond donors (Lipinski definition) is 1. The maximum atomic E-state index is 12.4. The third-order valence-corrected chi connectivity index (χ3v) is 4.41. The number of carbonyl (C=O) groups is 1. The van der Waals surface area contributed by atoms with Crippen LogP contribution < -0.4 is 15.6 Å². The molecule has 27 heavy (non-hydrogen) atoms. The van der Waals surface area contributed by atoms with Gasteiger partial charge in [-0.3, -0.25) is 9.59 Å². The van der Waals surface area contributed by atoms with Crippen LogP contribution in [0, 0.1) is 0 Å². The third kappa shape index (κ3) is 4.20. The number of pyridine rings is 1. The Morgan fingerprint density at radius 3 is 2.81 bits per heavy atom.